The van der Waals surface area contributed by atoms with Crippen molar-refractivity contribution >= 4 is 15.9 Å². The third kappa shape index (κ3) is 6.55. The number of piperidine rings is 1. The molecule has 0 radical (unpaired) electrons. The summed E-state index contributed by atoms with van der Waals surface area (Å²) in [5.41, 5.74) is 0.438. The number of sulfonamides is 1. The first-order chi connectivity index (χ1) is 20.0. The Morgan fingerprint density at radius 2 is 1.60 bits per heavy atom. The molecule has 5 rings (SSSR count). The second-order valence-corrected chi connectivity index (χ2v) is 14.2. The van der Waals surface area contributed by atoms with E-state index in [0.717, 1.165) is 57.3 Å². The van der Waals surface area contributed by atoms with E-state index < -0.39 is 27.8 Å². The number of carbonyl (C=O) groups excluding carboxylic acids is 1. The molecule has 1 unspecified atom stereocenters. The molecule has 2 heterocycles. The molecule has 1 aliphatic carbocycles. The molecule has 2 aliphatic heterocycles. The summed E-state index contributed by atoms with van der Waals surface area (Å²) in [6, 6.07) is 14.1. The van der Waals surface area contributed by atoms with Gasteiger partial charge in [0.05, 0.1) is 10.5 Å². The summed E-state index contributed by atoms with van der Waals surface area (Å²) in [7, 11) is -2.39. The van der Waals surface area contributed by atoms with Crippen molar-refractivity contribution in [1.82, 2.24) is 14.1 Å². The molecule has 2 aromatic rings. The Labute approximate surface area is 247 Å². The first-order valence-corrected chi connectivity index (χ1v) is 16.7. The van der Waals surface area contributed by atoms with Crippen molar-refractivity contribution in [1.29, 1.82) is 0 Å². The van der Waals surface area contributed by atoms with Crippen molar-refractivity contribution < 1.29 is 26.4 Å². The summed E-state index contributed by atoms with van der Waals surface area (Å²) in [6.45, 7) is 3.07. The normalized spacial score (nSPS) is 26.3. The zero-order valence-electron chi connectivity index (χ0n) is 24.4. The lowest BCUT2D eigenvalue weighted by molar-refractivity contribution is -0.137. The van der Waals surface area contributed by atoms with Crippen LogP contribution in [0.5, 0.6) is 0 Å². The topological polar surface area (TPSA) is 60.9 Å². The number of alkyl halides is 3. The fourth-order valence-corrected chi connectivity index (χ4v) is 9.07. The van der Waals surface area contributed by atoms with Crippen LogP contribution in [0.2, 0.25) is 0 Å². The lowest BCUT2D eigenvalue weighted by atomic mass is 9.71. The van der Waals surface area contributed by atoms with E-state index in [2.05, 4.69) is 35.2 Å². The van der Waals surface area contributed by atoms with Gasteiger partial charge in [-0.2, -0.15) is 17.5 Å². The van der Waals surface area contributed by atoms with Crippen LogP contribution in [0.25, 0.3) is 0 Å². The van der Waals surface area contributed by atoms with Gasteiger partial charge in [0, 0.05) is 38.1 Å². The van der Waals surface area contributed by atoms with Gasteiger partial charge >= 0.3 is 6.18 Å². The standard InChI is InChI=1S/C32H42F3N3O3S/c1-36(24-25-15-17-31(18-16-25,37-19-7-8-20-37)26-10-3-2-4-11-26)30(39)23-28-13-5-6-21-38(28)42(40,41)29-14-9-12-27(22-29)32(33,34)35/h2-4,9-12,14,22,25,28H,5-8,13,15-21,23-24H2,1H3. The summed E-state index contributed by atoms with van der Waals surface area (Å²) in [5, 5.41) is 0. The van der Waals surface area contributed by atoms with Crippen LogP contribution in [0, 0.1) is 5.92 Å². The average Bonchev–Trinajstić information content (AvgIpc) is 3.54. The predicted octanol–water partition coefficient (Wildman–Crippen LogP) is 6.28. The molecule has 1 atom stereocenters. The zero-order chi connectivity index (χ0) is 30.0. The highest BCUT2D eigenvalue weighted by atomic mass is 32.2. The molecule has 0 N–H and O–H groups in total. The Hall–Kier alpha value is -2.43. The molecule has 0 aromatic heterocycles. The van der Waals surface area contributed by atoms with E-state index in [4.69, 9.17) is 0 Å². The van der Waals surface area contributed by atoms with Gasteiger partial charge in [0.1, 0.15) is 0 Å². The van der Waals surface area contributed by atoms with E-state index >= 15 is 0 Å². The van der Waals surface area contributed by atoms with Gasteiger partial charge in [0.15, 0.2) is 0 Å². The molecule has 230 valence electrons. The zero-order valence-corrected chi connectivity index (χ0v) is 25.2. The molecule has 1 saturated carbocycles. The maximum absolute atomic E-state index is 13.5. The number of benzene rings is 2. The van der Waals surface area contributed by atoms with Gasteiger partial charge in [-0.1, -0.05) is 42.8 Å². The van der Waals surface area contributed by atoms with Gasteiger partial charge in [-0.05, 0) is 94.1 Å². The van der Waals surface area contributed by atoms with Gasteiger partial charge in [-0.3, -0.25) is 9.69 Å². The minimum Gasteiger partial charge on any atom is -0.345 e. The van der Waals surface area contributed by atoms with Gasteiger partial charge < -0.3 is 4.90 Å². The Morgan fingerprint density at radius 1 is 0.929 bits per heavy atom. The molecule has 2 saturated heterocycles. The number of rotatable bonds is 8. The Bertz CT molecular complexity index is 1320. The summed E-state index contributed by atoms with van der Waals surface area (Å²) >= 11 is 0. The Balaban J connectivity index is 1.22. The highest BCUT2D eigenvalue weighted by molar-refractivity contribution is 7.89. The first-order valence-electron chi connectivity index (χ1n) is 15.2. The number of hydrogen-bond acceptors (Lipinski definition) is 4. The summed E-state index contributed by atoms with van der Waals surface area (Å²) in [4.78, 5) is 17.4. The maximum atomic E-state index is 13.5. The largest absolute Gasteiger partial charge is 0.416 e. The van der Waals surface area contributed by atoms with Crippen LogP contribution in [-0.2, 0) is 26.5 Å². The van der Waals surface area contributed by atoms with Crippen LogP contribution >= 0.6 is 0 Å². The van der Waals surface area contributed by atoms with Crippen molar-refractivity contribution in [3.05, 3.63) is 65.7 Å². The molecule has 0 bridgehead atoms. The molecule has 1 amide bonds. The van der Waals surface area contributed by atoms with Crippen LogP contribution < -0.4 is 0 Å². The Kier molecular flexibility index (Phi) is 9.35. The van der Waals surface area contributed by atoms with Crippen LogP contribution in [-0.4, -0.2) is 67.7 Å². The SMILES string of the molecule is CN(CC1CCC(c2ccccc2)(N2CCCC2)CC1)C(=O)CC1CCCCN1S(=O)(=O)c1cccc(C(F)(F)F)c1. The minimum atomic E-state index is -4.64. The fourth-order valence-electron chi connectivity index (χ4n) is 7.33. The van der Waals surface area contributed by atoms with Crippen molar-refractivity contribution in [2.75, 3.05) is 33.2 Å². The van der Waals surface area contributed by atoms with E-state index in [0.29, 0.717) is 31.4 Å². The quantitative estimate of drug-likeness (QED) is 0.356. The van der Waals surface area contributed by atoms with Crippen molar-refractivity contribution in [3.8, 4) is 0 Å². The summed E-state index contributed by atoms with van der Waals surface area (Å²) in [5.74, 6) is 0.250. The lowest BCUT2D eigenvalue weighted by Crippen LogP contribution is -2.48. The molecule has 3 aliphatic rings. The summed E-state index contributed by atoms with van der Waals surface area (Å²) in [6.07, 6.45) is 3.89. The minimum absolute atomic E-state index is 0.0309. The second-order valence-electron chi connectivity index (χ2n) is 12.3. The smallest absolute Gasteiger partial charge is 0.345 e. The van der Waals surface area contributed by atoms with E-state index in [1.165, 1.54) is 28.8 Å². The van der Waals surface area contributed by atoms with Crippen LogP contribution in [0.3, 0.4) is 0 Å². The van der Waals surface area contributed by atoms with Gasteiger partial charge in [0.25, 0.3) is 0 Å². The number of halogens is 3. The van der Waals surface area contributed by atoms with Crippen LogP contribution in [0.4, 0.5) is 13.2 Å². The van der Waals surface area contributed by atoms with Crippen LogP contribution in [0.15, 0.2) is 59.5 Å². The molecule has 2 aromatic carbocycles. The van der Waals surface area contributed by atoms with Crippen molar-refractivity contribution in [2.24, 2.45) is 5.92 Å². The molecule has 6 nitrogen and oxygen atoms in total. The van der Waals surface area contributed by atoms with E-state index in [1.54, 1.807) is 11.9 Å². The highest BCUT2D eigenvalue weighted by Crippen LogP contribution is 2.45. The third-order valence-corrected chi connectivity index (χ3v) is 11.6. The van der Waals surface area contributed by atoms with E-state index in [-0.39, 0.29) is 29.3 Å². The van der Waals surface area contributed by atoms with Gasteiger partial charge in [-0.15, -0.1) is 0 Å². The molecular weight excluding hydrogens is 563 g/mol. The molecular formula is C32H42F3N3O3S. The van der Waals surface area contributed by atoms with Gasteiger partial charge in [0.2, 0.25) is 15.9 Å². The number of likely N-dealkylation sites (tertiary alicyclic amines) is 1. The van der Waals surface area contributed by atoms with Gasteiger partial charge in [-0.25, -0.2) is 8.42 Å². The highest BCUT2D eigenvalue weighted by Gasteiger charge is 2.43. The maximum Gasteiger partial charge on any atom is 0.416 e. The first kappa shape index (κ1) is 31.0. The van der Waals surface area contributed by atoms with Crippen molar-refractivity contribution in [3.63, 3.8) is 0 Å². The average molecular weight is 606 g/mol. The number of nitrogens with zero attached hydrogens (tertiary/aromatic N) is 3. The monoisotopic (exact) mass is 605 g/mol. The third-order valence-electron chi connectivity index (χ3n) is 9.66. The molecule has 42 heavy (non-hydrogen) atoms. The lowest BCUT2D eigenvalue weighted by Gasteiger charge is -2.47. The van der Waals surface area contributed by atoms with Crippen molar-refractivity contribution in [2.45, 2.75) is 86.9 Å². The summed E-state index contributed by atoms with van der Waals surface area (Å²) < 4.78 is 68.0. The predicted molar refractivity (Wildman–Crippen MR) is 156 cm³/mol. The van der Waals surface area contributed by atoms with E-state index in [9.17, 15) is 26.4 Å². The number of amides is 1. The molecule has 10 heteroatoms. The molecule has 3 fully saturated rings. The Morgan fingerprint density at radius 3 is 2.26 bits per heavy atom. The van der Waals surface area contributed by atoms with E-state index in [1.807, 2.05) is 0 Å². The number of hydrogen-bond donors (Lipinski definition) is 0. The molecule has 0 spiro atoms. The number of carbonyl (C=O) groups is 1. The van der Waals surface area contributed by atoms with Crippen LogP contribution in [0.1, 0.15) is 75.3 Å². The fraction of sp³-hybridized carbons (Fsp3) is 0.594. The second kappa shape index (κ2) is 12.7.